The molecule has 0 unspecified atom stereocenters. The minimum absolute atomic E-state index is 0.822. The van der Waals surface area contributed by atoms with Gasteiger partial charge in [-0.1, -0.05) is 15.9 Å². The lowest BCUT2D eigenvalue weighted by molar-refractivity contribution is 0.643. The molecule has 0 saturated carbocycles. The third-order valence-corrected chi connectivity index (χ3v) is 4.23. The standard InChI is InChI=1S/C12H15BrN2S2/c1-17-7-3-2-6-15-11-5-4-9(13)8-10(11)14-12(15)16/h4-5,8H,2-3,6-7H2,1H3,(H,14,16). The number of halogens is 1. The van der Waals surface area contributed by atoms with Crippen molar-refractivity contribution in [3.8, 4) is 0 Å². The number of aromatic amines is 1. The van der Waals surface area contributed by atoms with Crippen molar-refractivity contribution in [1.29, 1.82) is 0 Å². The number of nitrogens with zero attached hydrogens (tertiary/aromatic N) is 1. The van der Waals surface area contributed by atoms with Crippen LogP contribution in [0.1, 0.15) is 12.8 Å². The van der Waals surface area contributed by atoms with Gasteiger partial charge in [0.05, 0.1) is 11.0 Å². The van der Waals surface area contributed by atoms with E-state index in [1.807, 2.05) is 11.8 Å². The summed E-state index contributed by atoms with van der Waals surface area (Å²) in [5, 5.41) is 0. The highest BCUT2D eigenvalue weighted by Gasteiger charge is 2.04. The molecule has 0 bridgehead atoms. The van der Waals surface area contributed by atoms with Gasteiger partial charge in [0.15, 0.2) is 4.77 Å². The second kappa shape index (κ2) is 6.07. The zero-order valence-corrected chi connectivity index (χ0v) is 12.9. The van der Waals surface area contributed by atoms with Crippen LogP contribution in [0.15, 0.2) is 22.7 Å². The maximum atomic E-state index is 5.36. The molecule has 92 valence electrons. The third-order valence-electron chi connectivity index (χ3n) is 2.72. The second-order valence-corrected chi connectivity index (χ2v) is 6.23. The van der Waals surface area contributed by atoms with Crippen molar-refractivity contribution in [2.75, 3.05) is 12.0 Å². The Labute approximate surface area is 119 Å². The zero-order valence-electron chi connectivity index (χ0n) is 9.70. The molecule has 0 aliphatic heterocycles. The van der Waals surface area contributed by atoms with E-state index in [1.165, 1.54) is 24.1 Å². The summed E-state index contributed by atoms with van der Waals surface area (Å²) in [4.78, 5) is 3.25. The van der Waals surface area contributed by atoms with Crippen molar-refractivity contribution in [2.45, 2.75) is 19.4 Å². The quantitative estimate of drug-likeness (QED) is 0.638. The molecule has 2 aromatic rings. The Morgan fingerprint density at radius 1 is 1.41 bits per heavy atom. The summed E-state index contributed by atoms with van der Waals surface area (Å²) in [5.74, 6) is 1.22. The van der Waals surface area contributed by atoms with Gasteiger partial charge in [0.1, 0.15) is 0 Å². The van der Waals surface area contributed by atoms with Gasteiger partial charge in [0.25, 0.3) is 0 Å². The van der Waals surface area contributed by atoms with Gasteiger partial charge in [-0.15, -0.1) is 0 Å². The fraction of sp³-hybridized carbons (Fsp3) is 0.417. The lowest BCUT2D eigenvalue weighted by Gasteiger charge is -2.04. The summed E-state index contributed by atoms with van der Waals surface area (Å²) in [6.45, 7) is 1.00. The Kier molecular flexibility index (Phi) is 4.70. The first-order valence-electron chi connectivity index (χ1n) is 5.59. The number of H-pyrrole nitrogens is 1. The number of benzene rings is 1. The van der Waals surface area contributed by atoms with Crippen molar-refractivity contribution in [2.24, 2.45) is 0 Å². The molecule has 2 nitrogen and oxygen atoms in total. The van der Waals surface area contributed by atoms with E-state index in [2.05, 4.69) is 49.9 Å². The van der Waals surface area contributed by atoms with Crippen LogP contribution in [0.5, 0.6) is 0 Å². The summed E-state index contributed by atoms with van der Waals surface area (Å²) in [7, 11) is 0. The molecule has 0 amide bonds. The Morgan fingerprint density at radius 2 is 2.24 bits per heavy atom. The fourth-order valence-corrected chi connectivity index (χ4v) is 3.03. The predicted octanol–water partition coefficient (Wildman–Crippen LogP) is 4.60. The molecular weight excluding hydrogens is 316 g/mol. The largest absolute Gasteiger partial charge is 0.331 e. The Hall–Kier alpha value is -0.260. The minimum Gasteiger partial charge on any atom is -0.331 e. The number of aryl methyl sites for hydroxylation is 1. The van der Waals surface area contributed by atoms with E-state index >= 15 is 0 Å². The molecule has 17 heavy (non-hydrogen) atoms. The second-order valence-electron chi connectivity index (χ2n) is 3.94. The molecule has 1 aromatic carbocycles. The summed E-state index contributed by atoms with van der Waals surface area (Å²) in [6, 6.07) is 6.24. The average Bonchev–Trinajstić information content (AvgIpc) is 2.60. The number of hydrogen-bond donors (Lipinski definition) is 1. The average molecular weight is 331 g/mol. The molecule has 0 fully saturated rings. The van der Waals surface area contributed by atoms with E-state index in [9.17, 15) is 0 Å². The van der Waals surface area contributed by atoms with Crippen LogP contribution in [0, 0.1) is 4.77 Å². The lowest BCUT2D eigenvalue weighted by Crippen LogP contribution is -1.98. The van der Waals surface area contributed by atoms with Crippen molar-refractivity contribution < 1.29 is 0 Å². The van der Waals surface area contributed by atoms with Crippen LogP contribution in [0.4, 0.5) is 0 Å². The highest BCUT2D eigenvalue weighted by Crippen LogP contribution is 2.20. The van der Waals surface area contributed by atoms with Crippen molar-refractivity contribution in [3.05, 3.63) is 27.4 Å². The van der Waals surface area contributed by atoms with Gasteiger partial charge in [-0.2, -0.15) is 11.8 Å². The molecule has 0 radical (unpaired) electrons. The van der Waals surface area contributed by atoms with E-state index in [-0.39, 0.29) is 0 Å². The van der Waals surface area contributed by atoms with Gasteiger partial charge < -0.3 is 9.55 Å². The van der Waals surface area contributed by atoms with Crippen LogP contribution < -0.4 is 0 Å². The highest BCUT2D eigenvalue weighted by molar-refractivity contribution is 9.10. The van der Waals surface area contributed by atoms with Crippen LogP contribution in [0.25, 0.3) is 11.0 Å². The number of nitrogens with one attached hydrogen (secondary N) is 1. The van der Waals surface area contributed by atoms with Crippen molar-refractivity contribution in [1.82, 2.24) is 9.55 Å². The molecule has 2 rings (SSSR count). The number of fused-ring (bicyclic) bond motifs is 1. The minimum atomic E-state index is 0.822. The van der Waals surface area contributed by atoms with Crippen molar-refractivity contribution >= 4 is 50.9 Å². The lowest BCUT2D eigenvalue weighted by atomic mass is 10.3. The first-order valence-corrected chi connectivity index (χ1v) is 8.19. The molecular formula is C12H15BrN2S2. The molecule has 0 atom stereocenters. The summed E-state index contributed by atoms with van der Waals surface area (Å²) in [6.07, 6.45) is 4.57. The topological polar surface area (TPSA) is 20.7 Å². The molecule has 0 spiro atoms. The maximum absolute atomic E-state index is 5.36. The molecule has 1 aromatic heterocycles. The number of unbranched alkanes of at least 4 members (excludes halogenated alkanes) is 1. The van der Waals surface area contributed by atoms with Gasteiger partial charge in [0, 0.05) is 11.0 Å². The van der Waals surface area contributed by atoms with Gasteiger partial charge >= 0.3 is 0 Å². The first kappa shape index (κ1) is 13.2. The number of hydrogen-bond acceptors (Lipinski definition) is 2. The predicted molar refractivity (Wildman–Crippen MR) is 82.4 cm³/mol. The molecule has 1 N–H and O–H groups in total. The summed E-state index contributed by atoms with van der Waals surface area (Å²) in [5.41, 5.74) is 2.30. The van der Waals surface area contributed by atoms with Crippen LogP contribution in [0.2, 0.25) is 0 Å². The van der Waals surface area contributed by atoms with E-state index in [0.717, 1.165) is 21.3 Å². The van der Waals surface area contributed by atoms with Gasteiger partial charge in [-0.25, -0.2) is 0 Å². The van der Waals surface area contributed by atoms with Crippen LogP contribution >= 0.6 is 39.9 Å². The SMILES string of the molecule is CSCCCCn1c(=S)[nH]c2cc(Br)ccc21. The summed E-state index contributed by atoms with van der Waals surface area (Å²) >= 11 is 10.7. The normalized spacial score (nSPS) is 11.2. The van der Waals surface area contributed by atoms with Crippen LogP contribution in [-0.4, -0.2) is 21.6 Å². The number of rotatable bonds is 5. The van der Waals surface area contributed by atoms with E-state index < -0.39 is 0 Å². The molecule has 0 aliphatic carbocycles. The zero-order chi connectivity index (χ0) is 12.3. The Balaban J connectivity index is 2.21. The number of aromatic nitrogens is 2. The first-order chi connectivity index (χ1) is 8.22. The van der Waals surface area contributed by atoms with E-state index in [0.29, 0.717) is 0 Å². The molecule has 0 saturated heterocycles. The number of thioether (sulfide) groups is 1. The maximum Gasteiger partial charge on any atom is 0.178 e. The Bertz CT molecular complexity index is 559. The smallest absolute Gasteiger partial charge is 0.178 e. The fourth-order valence-electron chi connectivity index (χ4n) is 1.87. The van der Waals surface area contributed by atoms with E-state index in [4.69, 9.17) is 12.2 Å². The molecule has 5 heteroatoms. The highest BCUT2D eigenvalue weighted by atomic mass is 79.9. The summed E-state index contributed by atoms with van der Waals surface area (Å²) < 4.78 is 4.09. The monoisotopic (exact) mass is 330 g/mol. The van der Waals surface area contributed by atoms with Crippen LogP contribution in [-0.2, 0) is 6.54 Å². The molecule has 1 heterocycles. The van der Waals surface area contributed by atoms with Crippen molar-refractivity contribution in [3.63, 3.8) is 0 Å². The van der Waals surface area contributed by atoms with Gasteiger partial charge in [-0.05, 0) is 55.3 Å². The van der Waals surface area contributed by atoms with Gasteiger partial charge in [0.2, 0.25) is 0 Å². The van der Waals surface area contributed by atoms with E-state index in [1.54, 1.807) is 0 Å². The molecule has 0 aliphatic rings. The van der Waals surface area contributed by atoms with Crippen LogP contribution in [0.3, 0.4) is 0 Å². The Morgan fingerprint density at radius 3 is 3.00 bits per heavy atom. The number of imidazole rings is 1. The van der Waals surface area contributed by atoms with Gasteiger partial charge in [-0.3, -0.25) is 0 Å². The third kappa shape index (κ3) is 3.14.